The Morgan fingerprint density at radius 3 is 2.06 bits per heavy atom. The van der Waals surface area contributed by atoms with E-state index in [0.717, 1.165) is 18.2 Å². The first kappa shape index (κ1) is 25.7. The van der Waals surface area contributed by atoms with Gasteiger partial charge in [0.1, 0.15) is 17.2 Å². The summed E-state index contributed by atoms with van der Waals surface area (Å²) in [5.74, 6) is -8.40. The summed E-state index contributed by atoms with van der Waals surface area (Å²) < 4.78 is 105. The third-order valence-corrected chi connectivity index (χ3v) is 4.53. The van der Waals surface area contributed by atoms with Gasteiger partial charge in [-0.25, -0.2) is 26.7 Å². The predicted molar refractivity (Wildman–Crippen MR) is 98.8 cm³/mol. The number of imide groups is 1. The van der Waals surface area contributed by atoms with Crippen LogP contribution in [0.3, 0.4) is 0 Å². The minimum Gasteiger partial charge on any atom is -0.306 e. The molecule has 0 saturated carbocycles. The van der Waals surface area contributed by atoms with Gasteiger partial charge < -0.3 is 5.32 Å². The molecular formula is C18H10Cl2F8N2O2. The number of halogens is 10. The lowest BCUT2D eigenvalue weighted by Gasteiger charge is -2.22. The van der Waals surface area contributed by atoms with Gasteiger partial charge in [0.05, 0.1) is 22.2 Å². The summed E-state index contributed by atoms with van der Waals surface area (Å²) >= 11 is 11.4. The highest BCUT2D eigenvalue weighted by Gasteiger charge is 2.48. The SMILES string of the molecule is O=C(NC(=O)c1c(F)cccc1F)Nc1cc(Cl)c(C(F)(F)CC(F)C(F)(F)F)cc1Cl. The average Bonchev–Trinajstić information content (AvgIpc) is 2.62. The number of hydrogen-bond acceptors (Lipinski definition) is 2. The topological polar surface area (TPSA) is 58.2 Å². The minimum absolute atomic E-state index is 0.404. The van der Waals surface area contributed by atoms with Gasteiger partial charge in [0, 0.05) is 5.56 Å². The highest BCUT2D eigenvalue weighted by molar-refractivity contribution is 6.36. The molecule has 3 amide bonds. The molecule has 174 valence electrons. The maximum atomic E-state index is 14.1. The van der Waals surface area contributed by atoms with Crippen LogP contribution in [0, 0.1) is 11.6 Å². The molecule has 0 saturated heterocycles. The number of amides is 3. The molecule has 2 rings (SSSR count). The first-order valence-electron chi connectivity index (χ1n) is 8.28. The molecule has 0 heterocycles. The van der Waals surface area contributed by atoms with Crippen molar-refractivity contribution < 1.29 is 44.7 Å². The monoisotopic (exact) mass is 508 g/mol. The van der Waals surface area contributed by atoms with Gasteiger partial charge in [0.15, 0.2) is 0 Å². The Bertz CT molecular complexity index is 1030. The van der Waals surface area contributed by atoms with Gasteiger partial charge in [0.2, 0.25) is 6.17 Å². The second-order valence-corrected chi connectivity index (χ2v) is 7.05. The molecule has 0 bridgehead atoms. The summed E-state index contributed by atoms with van der Waals surface area (Å²) in [6.45, 7) is 0. The highest BCUT2D eigenvalue weighted by Crippen LogP contribution is 2.43. The lowest BCUT2D eigenvalue weighted by Crippen LogP contribution is -2.35. The van der Waals surface area contributed by atoms with E-state index in [1.807, 2.05) is 5.32 Å². The van der Waals surface area contributed by atoms with Gasteiger partial charge >= 0.3 is 12.2 Å². The standard InChI is InChI=1S/C18H10Cl2F8N2O2/c19-8-5-12(9(20)4-7(8)17(24,25)6-13(23)18(26,27)28)29-16(32)30-15(31)14-10(21)2-1-3-11(14)22/h1-5,13H,6H2,(H2,29,30,31,32). The van der Waals surface area contributed by atoms with Crippen LogP contribution in [0.1, 0.15) is 22.3 Å². The van der Waals surface area contributed by atoms with Gasteiger partial charge in [-0.15, -0.1) is 0 Å². The van der Waals surface area contributed by atoms with Crippen molar-refractivity contribution in [2.45, 2.75) is 24.7 Å². The van der Waals surface area contributed by atoms with E-state index in [2.05, 4.69) is 0 Å². The Kier molecular flexibility index (Phi) is 7.61. The van der Waals surface area contributed by atoms with E-state index >= 15 is 0 Å². The van der Waals surface area contributed by atoms with Gasteiger partial charge in [-0.1, -0.05) is 29.3 Å². The van der Waals surface area contributed by atoms with Crippen LogP contribution in [-0.2, 0) is 5.92 Å². The number of carbonyl (C=O) groups is 2. The van der Waals surface area contributed by atoms with Crippen molar-refractivity contribution >= 4 is 40.8 Å². The highest BCUT2D eigenvalue weighted by atomic mass is 35.5. The van der Waals surface area contributed by atoms with Gasteiger partial charge in [-0.3, -0.25) is 10.1 Å². The number of anilines is 1. The fourth-order valence-electron chi connectivity index (χ4n) is 2.41. The van der Waals surface area contributed by atoms with E-state index in [1.54, 1.807) is 5.32 Å². The molecule has 0 fully saturated rings. The molecule has 1 unspecified atom stereocenters. The molecule has 32 heavy (non-hydrogen) atoms. The maximum Gasteiger partial charge on any atom is 0.419 e. The van der Waals surface area contributed by atoms with Crippen LogP contribution in [0.4, 0.5) is 45.6 Å². The zero-order valence-electron chi connectivity index (χ0n) is 15.3. The van der Waals surface area contributed by atoms with Crippen LogP contribution in [-0.4, -0.2) is 24.3 Å². The van der Waals surface area contributed by atoms with Crippen LogP contribution in [0.25, 0.3) is 0 Å². The van der Waals surface area contributed by atoms with Crippen molar-refractivity contribution in [3.8, 4) is 0 Å². The molecule has 2 aromatic carbocycles. The van der Waals surface area contributed by atoms with E-state index < -0.39 is 75.1 Å². The number of urea groups is 1. The predicted octanol–water partition coefficient (Wildman–Crippen LogP) is 6.62. The first-order chi connectivity index (χ1) is 14.6. The van der Waals surface area contributed by atoms with Crippen molar-refractivity contribution in [3.63, 3.8) is 0 Å². The van der Waals surface area contributed by atoms with Crippen molar-refractivity contribution in [1.82, 2.24) is 5.32 Å². The zero-order chi connectivity index (χ0) is 24.4. The van der Waals surface area contributed by atoms with Crippen LogP contribution in [0.2, 0.25) is 10.0 Å². The van der Waals surface area contributed by atoms with Crippen molar-refractivity contribution in [3.05, 3.63) is 63.1 Å². The molecule has 2 N–H and O–H groups in total. The van der Waals surface area contributed by atoms with E-state index in [0.29, 0.717) is 12.1 Å². The molecule has 14 heteroatoms. The summed E-state index contributed by atoms with van der Waals surface area (Å²) in [7, 11) is 0. The van der Waals surface area contributed by atoms with E-state index in [9.17, 15) is 44.7 Å². The molecule has 0 aromatic heterocycles. The van der Waals surface area contributed by atoms with Crippen LogP contribution >= 0.6 is 23.2 Å². The molecule has 0 aliphatic heterocycles. The van der Waals surface area contributed by atoms with Crippen LogP contribution < -0.4 is 10.6 Å². The average molecular weight is 509 g/mol. The smallest absolute Gasteiger partial charge is 0.306 e. The summed E-state index contributed by atoms with van der Waals surface area (Å²) in [6, 6.07) is 2.11. The fraction of sp³-hybridized carbons (Fsp3) is 0.222. The second kappa shape index (κ2) is 9.49. The van der Waals surface area contributed by atoms with Gasteiger partial charge in [0.25, 0.3) is 11.8 Å². The molecule has 4 nitrogen and oxygen atoms in total. The van der Waals surface area contributed by atoms with Gasteiger partial charge in [-0.2, -0.15) is 13.2 Å². The van der Waals surface area contributed by atoms with E-state index in [-0.39, 0.29) is 0 Å². The summed E-state index contributed by atoms with van der Waals surface area (Å²) in [6.07, 6.45) is -11.6. The number of alkyl halides is 6. The molecule has 0 spiro atoms. The summed E-state index contributed by atoms with van der Waals surface area (Å²) in [5.41, 5.74) is -2.80. The summed E-state index contributed by atoms with van der Waals surface area (Å²) in [4.78, 5) is 23.8. The number of hydrogen-bond donors (Lipinski definition) is 2. The Hall–Kier alpha value is -2.60. The third kappa shape index (κ3) is 6.00. The number of carbonyl (C=O) groups excluding carboxylic acids is 2. The Labute approximate surface area is 184 Å². The summed E-state index contributed by atoms with van der Waals surface area (Å²) in [5, 5.41) is 1.93. The Balaban J connectivity index is 2.19. The molecule has 2 aromatic rings. The molecule has 0 aliphatic rings. The van der Waals surface area contributed by atoms with Crippen molar-refractivity contribution in [1.29, 1.82) is 0 Å². The molecule has 0 radical (unpaired) electrons. The number of nitrogens with one attached hydrogen (secondary N) is 2. The van der Waals surface area contributed by atoms with E-state index in [4.69, 9.17) is 23.2 Å². The Morgan fingerprint density at radius 2 is 1.53 bits per heavy atom. The second-order valence-electron chi connectivity index (χ2n) is 6.23. The van der Waals surface area contributed by atoms with Crippen molar-refractivity contribution in [2.75, 3.05) is 5.32 Å². The molecular weight excluding hydrogens is 499 g/mol. The van der Waals surface area contributed by atoms with Crippen LogP contribution in [0.5, 0.6) is 0 Å². The number of rotatable bonds is 5. The quantitative estimate of drug-likeness (QED) is 0.446. The largest absolute Gasteiger partial charge is 0.419 e. The molecule has 0 aliphatic carbocycles. The first-order valence-corrected chi connectivity index (χ1v) is 9.03. The Morgan fingerprint density at radius 1 is 0.969 bits per heavy atom. The molecule has 1 atom stereocenters. The van der Waals surface area contributed by atoms with Crippen molar-refractivity contribution in [2.24, 2.45) is 0 Å². The van der Waals surface area contributed by atoms with Gasteiger partial charge in [-0.05, 0) is 24.3 Å². The maximum absolute atomic E-state index is 14.1. The minimum atomic E-state index is -5.52. The lowest BCUT2D eigenvalue weighted by atomic mass is 10.0. The zero-order valence-corrected chi connectivity index (χ0v) is 16.8. The van der Waals surface area contributed by atoms with Crippen LogP contribution in [0.15, 0.2) is 30.3 Å². The third-order valence-electron chi connectivity index (χ3n) is 3.91. The fourth-order valence-corrected chi connectivity index (χ4v) is 2.92. The normalized spacial score (nSPS) is 12.9. The lowest BCUT2D eigenvalue weighted by molar-refractivity contribution is -0.200. The van der Waals surface area contributed by atoms with E-state index in [1.165, 1.54) is 0 Å². The number of benzene rings is 2.